The number of carbonyl (C=O) groups excluding carboxylic acids is 1. The number of carbonyl (C=O) groups is 1. The van der Waals surface area contributed by atoms with Gasteiger partial charge in [0.05, 0.1) is 13.2 Å². The van der Waals surface area contributed by atoms with Crippen molar-refractivity contribution < 1.29 is 9.53 Å². The number of pyridine rings is 1. The molecule has 0 spiro atoms. The molecule has 0 unspecified atom stereocenters. The fourth-order valence-electron chi connectivity index (χ4n) is 3.46. The number of anilines is 1. The minimum atomic E-state index is 0.000416. The van der Waals surface area contributed by atoms with Crippen molar-refractivity contribution in [1.29, 1.82) is 0 Å². The molecule has 138 valence electrons. The van der Waals surface area contributed by atoms with Gasteiger partial charge in [-0.2, -0.15) is 0 Å². The van der Waals surface area contributed by atoms with Crippen LogP contribution in [0.4, 0.5) is 5.82 Å². The Morgan fingerprint density at radius 3 is 2.64 bits per heavy atom. The molecule has 6 nitrogen and oxygen atoms in total. The van der Waals surface area contributed by atoms with E-state index in [4.69, 9.17) is 4.74 Å². The molecule has 2 saturated heterocycles. The Morgan fingerprint density at radius 1 is 1.12 bits per heavy atom. The molecule has 2 fully saturated rings. The number of hydrogen-bond donors (Lipinski definition) is 1. The summed E-state index contributed by atoms with van der Waals surface area (Å²) in [6.45, 7) is 7.44. The Morgan fingerprint density at radius 2 is 1.88 bits per heavy atom. The fraction of sp³-hybridized carbons (Fsp3) is 0.684. The number of nitrogens with one attached hydrogen (secondary N) is 1. The van der Waals surface area contributed by atoms with Gasteiger partial charge in [0.15, 0.2) is 0 Å². The first-order valence-corrected chi connectivity index (χ1v) is 9.62. The molecule has 0 aromatic carbocycles. The highest BCUT2D eigenvalue weighted by Gasteiger charge is 2.14. The number of hydrogen-bond acceptors (Lipinski definition) is 5. The summed E-state index contributed by atoms with van der Waals surface area (Å²) in [5, 5.41) is 3.04. The Kier molecular flexibility index (Phi) is 7.06. The molecule has 1 aromatic heterocycles. The van der Waals surface area contributed by atoms with Crippen molar-refractivity contribution in [2.24, 2.45) is 0 Å². The number of aromatic nitrogens is 1. The molecule has 0 aliphatic carbocycles. The Bertz CT molecular complexity index is 538. The van der Waals surface area contributed by atoms with E-state index in [2.05, 4.69) is 20.1 Å². The maximum absolute atomic E-state index is 12.4. The van der Waals surface area contributed by atoms with Crippen LogP contribution in [0.1, 0.15) is 42.5 Å². The van der Waals surface area contributed by atoms with Crippen LogP contribution in [-0.4, -0.2) is 68.3 Å². The van der Waals surface area contributed by atoms with Crippen molar-refractivity contribution in [2.75, 3.05) is 57.4 Å². The van der Waals surface area contributed by atoms with Crippen molar-refractivity contribution in [3.05, 3.63) is 23.9 Å². The topological polar surface area (TPSA) is 57.7 Å². The summed E-state index contributed by atoms with van der Waals surface area (Å²) in [7, 11) is 0. The van der Waals surface area contributed by atoms with Crippen LogP contribution in [0.3, 0.4) is 0 Å². The van der Waals surface area contributed by atoms with Crippen LogP contribution in [-0.2, 0) is 4.74 Å². The Labute approximate surface area is 150 Å². The lowest BCUT2D eigenvalue weighted by Crippen LogP contribution is -2.38. The molecule has 0 saturated carbocycles. The van der Waals surface area contributed by atoms with Crippen molar-refractivity contribution in [3.8, 4) is 0 Å². The summed E-state index contributed by atoms with van der Waals surface area (Å²) in [6, 6.07) is 3.74. The highest BCUT2D eigenvalue weighted by Crippen LogP contribution is 2.18. The minimum absolute atomic E-state index is 0.000416. The molecule has 1 N–H and O–H groups in total. The first-order valence-electron chi connectivity index (χ1n) is 9.62. The molecule has 0 bridgehead atoms. The van der Waals surface area contributed by atoms with Crippen LogP contribution in [0.2, 0.25) is 0 Å². The van der Waals surface area contributed by atoms with Gasteiger partial charge in [0.25, 0.3) is 5.91 Å². The maximum atomic E-state index is 12.4. The lowest BCUT2D eigenvalue weighted by molar-refractivity contribution is 0.0374. The summed E-state index contributed by atoms with van der Waals surface area (Å²) in [5.74, 6) is 0.934. The number of morpholine rings is 1. The standard InChI is InChI=1S/C19H30N4O2/c24-19(21-7-5-9-22-12-14-25-15-13-22)17-6-8-20-18(16-17)23-10-3-1-2-4-11-23/h6,8,16H,1-5,7,9-15H2,(H,21,24). The molecule has 1 aromatic rings. The maximum Gasteiger partial charge on any atom is 0.251 e. The quantitative estimate of drug-likeness (QED) is 0.798. The minimum Gasteiger partial charge on any atom is -0.379 e. The zero-order chi connectivity index (χ0) is 17.3. The van der Waals surface area contributed by atoms with Gasteiger partial charge in [-0.1, -0.05) is 12.8 Å². The van der Waals surface area contributed by atoms with Crippen LogP contribution in [0.5, 0.6) is 0 Å². The van der Waals surface area contributed by atoms with Gasteiger partial charge >= 0.3 is 0 Å². The summed E-state index contributed by atoms with van der Waals surface area (Å²) in [5.41, 5.74) is 0.709. The molecule has 0 radical (unpaired) electrons. The van der Waals surface area contributed by atoms with Crippen LogP contribution < -0.4 is 10.2 Å². The van der Waals surface area contributed by atoms with E-state index in [1.807, 2.05) is 6.07 Å². The molecule has 0 atom stereocenters. The second-order valence-electron chi connectivity index (χ2n) is 6.87. The first kappa shape index (κ1) is 18.1. The van der Waals surface area contributed by atoms with Gasteiger partial charge < -0.3 is 15.0 Å². The van der Waals surface area contributed by atoms with Crippen LogP contribution in [0, 0.1) is 0 Å². The van der Waals surface area contributed by atoms with E-state index >= 15 is 0 Å². The molecule has 2 aliphatic heterocycles. The van der Waals surface area contributed by atoms with Gasteiger partial charge in [0, 0.05) is 44.5 Å². The van der Waals surface area contributed by atoms with Crippen LogP contribution in [0.25, 0.3) is 0 Å². The SMILES string of the molecule is O=C(NCCCN1CCOCC1)c1ccnc(N2CCCCCC2)c1. The van der Waals surface area contributed by atoms with Crippen LogP contribution >= 0.6 is 0 Å². The van der Waals surface area contributed by atoms with E-state index in [1.54, 1.807) is 12.3 Å². The van der Waals surface area contributed by atoms with Gasteiger partial charge in [0.1, 0.15) is 5.82 Å². The van der Waals surface area contributed by atoms with E-state index in [0.717, 1.165) is 58.2 Å². The molecular formula is C19H30N4O2. The highest BCUT2D eigenvalue weighted by atomic mass is 16.5. The smallest absolute Gasteiger partial charge is 0.251 e. The largest absolute Gasteiger partial charge is 0.379 e. The normalized spacial score (nSPS) is 19.4. The summed E-state index contributed by atoms with van der Waals surface area (Å²) < 4.78 is 5.35. The van der Waals surface area contributed by atoms with Gasteiger partial charge in [-0.05, 0) is 37.9 Å². The Hall–Kier alpha value is -1.66. The van der Waals surface area contributed by atoms with E-state index in [9.17, 15) is 4.79 Å². The molecule has 1 amide bonds. The highest BCUT2D eigenvalue weighted by molar-refractivity contribution is 5.94. The summed E-state index contributed by atoms with van der Waals surface area (Å²) in [6.07, 6.45) is 7.72. The predicted molar refractivity (Wildman–Crippen MR) is 99.1 cm³/mol. The predicted octanol–water partition coefficient (Wildman–Crippen LogP) is 1.91. The second kappa shape index (κ2) is 9.73. The van der Waals surface area contributed by atoms with E-state index < -0.39 is 0 Å². The van der Waals surface area contributed by atoms with E-state index in [0.29, 0.717) is 12.1 Å². The monoisotopic (exact) mass is 346 g/mol. The van der Waals surface area contributed by atoms with Crippen molar-refractivity contribution in [2.45, 2.75) is 32.1 Å². The molecule has 3 heterocycles. The first-order chi connectivity index (χ1) is 12.3. The average Bonchev–Trinajstić information content (AvgIpc) is 2.95. The van der Waals surface area contributed by atoms with Gasteiger partial charge in [0.2, 0.25) is 0 Å². The second-order valence-corrected chi connectivity index (χ2v) is 6.87. The molecule has 6 heteroatoms. The van der Waals surface area contributed by atoms with Crippen molar-refractivity contribution >= 4 is 11.7 Å². The zero-order valence-electron chi connectivity index (χ0n) is 15.1. The molecule has 3 rings (SSSR count). The molecule has 25 heavy (non-hydrogen) atoms. The molecular weight excluding hydrogens is 316 g/mol. The van der Waals surface area contributed by atoms with E-state index in [1.165, 1.54) is 25.7 Å². The van der Waals surface area contributed by atoms with Gasteiger partial charge in [-0.15, -0.1) is 0 Å². The third kappa shape index (κ3) is 5.68. The van der Waals surface area contributed by atoms with Crippen molar-refractivity contribution in [3.63, 3.8) is 0 Å². The summed E-state index contributed by atoms with van der Waals surface area (Å²) in [4.78, 5) is 21.6. The van der Waals surface area contributed by atoms with Crippen molar-refractivity contribution in [1.82, 2.24) is 15.2 Å². The fourth-order valence-corrected chi connectivity index (χ4v) is 3.46. The lowest BCUT2D eigenvalue weighted by Gasteiger charge is -2.26. The third-order valence-corrected chi connectivity index (χ3v) is 4.98. The number of nitrogens with zero attached hydrogens (tertiary/aromatic N) is 3. The van der Waals surface area contributed by atoms with Gasteiger partial charge in [-0.3, -0.25) is 9.69 Å². The molecule has 2 aliphatic rings. The summed E-state index contributed by atoms with van der Waals surface area (Å²) >= 11 is 0. The lowest BCUT2D eigenvalue weighted by atomic mass is 10.2. The van der Waals surface area contributed by atoms with E-state index in [-0.39, 0.29) is 5.91 Å². The Balaban J connectivity index is 1.45. The number of rotatable bonds is 6. The van der Waals surface area contributed by atoms with Crippen LogP contribution in [0.15, 0.2) is 18.3 Å². The average molecular weight is 346 g/mol. The number of amides is 1. The number of ether oxygens (including phenoxy) is 1. The zero-order valence-corrected chi connectivity index (χ0v) is 15.1. The van der Waals surface area contributed by atoms with Gasteiger partial charge in [-0.25, -0.2) is 4.98 Å². The third-order valence-electron chi connectivity index (χ3n) is 4.98.